The Hall–Kier alpha value is -1.07. The van der Waals surface area contributed by atoms with Crippen LogP contribution in [0.2, 0.25) is 5.02 Å². The molecule has 0 radical (unpaired) electrons. The summed E-state index contributed by atoms with van der Waals surface area (Å²) in [6.45, 7) is 5.73. The summed E-state index contributed by atoms with van der Waals surface area (Å²) in [4.78, 5) is 14.5. The van der Waals surface area contributed by atoms with Crippen LogP contribution in [0.25, 0.3) is 0 Å². The Balaban J connectivity index is 2.31. The molecule has 1 saturated heterocycles. The molecule has 20 heavy (non-hydrogen) atoms. The number of anilines is 1. The standard InChI is InChI=1S/C14H19ClN2O2S/c1-14(2)8-17(4-5-20-14)13(18)9-6-10(15)11(16)7-12(9)19-3/h6-7H,4-5,8,16H2,1-3H3. The molecule has 2 N–H and O–H groups in total. The number of carbonyl (C=O) groups excluding carboxylic acids is 1. The zero-order valence-corrected chi connectivity index (χ0v) is 13.5. The highest BCUT2D eigenvalue weighted by molar-refractivity contribution is 8.00. The number of rotatable bonds is 2. The molecule has 0 aliphatic carbocycles. The third kappa shape index (κ3) is 3.15. The largest absolute Gasteiger partial charge is 0.496 e. The average molecular weight is 315 g/mol. The molecule has 0 saturated carbocycles. The number of nitrogens with two attached hydrogens (primary N) is 1. The maximum absolute atomic E-state index is 12.7. The van der Waals surface area contributed by atoms with E-state index in [1.165, 1.54) is 7.11 Å². The number of hydrogen-bond donors (Lipinski definition) is 1. The second-order valence-corrected chi connectivity index (χ2v) is 7.62. The first kappa shape index (κ1) is 15.3. The van der Waals surface area contributed by atoms with Crippen molar-refractivity contribution in [1.29, 1.82) is 0 Å². The van der Waals surface area contributed by atoms with Gasteiger partial charge < -0.3 is 15.4 Å². The fraction of sp³-hybridized carbons (Fsp3) is 0.500. The number of carbonyl (C=O) groups is 1. The molecule has 1 aromatic rings. The molecule has 1 amide bonds. The van der Waals surface area contributed by atoms with Crippen molar-refractivity contribution in [3.05, 3.63) is 22.7 Å². The lowest BCUT2D eigenvalue weighted by Crippen LogP contribution is -2.46. The molecule has 0 atom stereocenters. The van der Waals surface area contributed by atoms with E-state index in [1.807, 2.05) is 16.7 Å². The molecule has 1 aliphatic rings. The maximum Gasteiger partial charge on any atom is 0.257 e. The summed E-state index contributed by atoms with van der Waals surface area (Å²) in [6.07, 6.45) is 0. The van der Waals surface area contributed by atoms with Gasteiger partial charge in [0.25, 0.3) is 5.91 Å². The van der Waals surface area contributed by atoms with Gasteiger partial charge in [-0.05, 0) is 19.9 Å². The van der Waals surface area contributed by atoms with E-state index in [2.05, 4.69) is 13.8 Å². The first-order valence-electron chi connectivity index (χ1n) is 6.40. The van der Waals surface area contributed by atoms with Gasteiger partial charge in [0.15, 0.2) is 0 Å². The summed E-state index contributed by atoms with van der Waals surface area (Å²) in [7, 11) is 1.52. The molecule has 4 nitrogen and oxygen atoms in total. The number of halogens is 1. The average Bonchev–Trinajstić information content (AvgIpc) is 2.39. The van der Waals surface area contributed by atoms with Gasteiger partial charge in [-0.2, -0.15) is 11.8 Å². The molecular weight excluding hydrogens is 296 g/mol. The topological polar surface area (TPSA) is 55.6 Å². The predicted octanol–water partition coefficient (Wildman–Crippen LogP) is 2.90. The number of thioether (sulfide) groups is 1. The molecule has 1 aromatic carbocycles. The van der Waals surface area contributed by atoms with Crippen molar-refractivity contribution in [2.75, 3.05) is 31.7 Å². The summed E-state index contributed by atoms with van der Waals surface area (Å²) in [5.41, 5.74) is 6.63. The van der Waals surface area contributed by atoms with Crippen molar-refractivity contribution in [2.24, 2.45) is 0 Å². The molecule has 0 spiro atoms. The highest BCUT2D eigenvalue weighted by Crippen LogP contribution is 2.33. The van der Waals surface area contributed by atoms with Crippen LogP contribution in [0.5, 0.6) is 5.75 Å². The van der Waals surface area contributed by atoms with Crippen LogP contribution in [-0.2, 0) is 0 Å². The molecule has 1 fully saturated rings. The lowest BCUT2D eigenvalue weighted by Gasteiger charge is -2.37. The van der Waals surface area contributed by atoms with Crippen molar-refractivity contribution in [1.82, 2.24) is 4.90 Å². The SMILES string of the molecule is COc1cc(N)c(Cl)cc1C(=O)N1CCSC(C)(C)C1. The quantitative estimate of drug-likeness (QED) is 0.853. The lowest BCUT2D eigenvalue weighted by atomic mass is 10.1. The van der Waals surface area contributed by atoms with Gasteiger partial charge in [0, 0.05) is 29.7 Å². The Kier molecular flexibility index (Phi) is 4.39. The van der Waals surface area contributed by atoms with E-state index >= 15 is 0 Å². The third-order valence-corrected chi connectivity index (χ3v) is 4.89. The number of nitrogens with zero attached hydrogens (tertiary/aromatic N) is 1. The summed E-state index contributed by atoms with van der Waals surface area (Å²) in [6, 6.07) is 3.19. The predicted molar refractivity (Wildman–Crippen MR) is 84.9 cm³/mol. The van der Waals surface area contributed by atoms with Gasteiger partial charge in [0.1, 0.15) is 5.75 Å². The molecule has 0 bridgehead atoms. The van der Waals surface area contributed by atoms with Crippen LogP contribution in [0.4, 0.5) is 5.69 Å². The zero-order chi connectivity index (χ0) is 14.9. The van der Waals surface area contributed by atoms with Crippen molar-refractivity contribution >= 4 is 35.0 Å². The van der Waals surface area contributed by atoms with Gasteiger partial charge in [-0.1, -0.05) is 11.6 Å². The van der Waals surface area contributed by atoms with Crippen LogP contribution < -0.4 is 10.5 Å². The first-order chi connectivity index (χ1) is 9.34. The van der Waals surface area contributed by atoms with Gasteiger partial charge >= 0.3 is 0 Å². The van der Waals surface area contributed by atoms with Gasteiger partial charge in [-0.3, -0.25) is 4.79 Å². The van der Waals surface area contributed by atoms with Crippen molar-refractivity contribution in [2.45, 2.75) is 18.6 Å². The molecule has 0 aromatic heterocycles. The van der Waals surface area contributed by atoms with Crippen molar-refractivity contribution < 1.29 is 9.53 Å². The molecule has 110 valence electrons. The minimum absolute atomic E-state index is 0.0582. The second-order valence-electron chi connectivity index (χ2n) is 5.41. The van der Waals surface area contributed by atoms with E-state index < -0.39 is 0 Å². The van der Waals surface area contributed by atoms with Gasteiger partial charge in [-0.25, -0.2) is 0 Å². The first-order valence-corrected chi connectivity index (χ1v) is 7.76. The van der Waals surface area contributed by atoms with Crippen LogP contribution in [0.15, 0.2) is 12.1 Å². The van der Waals surface area contributed by atoms with Crippen molar-refractivity contribution in [3.8, 4) is 5.75 Å². The molecule has 0 unspecified atom stereocenters. The highest BCUT2D eigenvalue weighted by Gasteiger charge is 2.31. The van der Waals surface area contributed by atoms with Gasteiger partial charge in [-0.15, -0.1) is 0 Å². The smallest absolute Gasteiger partial charge is 0.257 e. The van der Waals surface area contributed by atoms with E-state index in [-0.39, 0.29) is 10.7 Å². The van der Waals surface area contributed by atoms with Crippen LogP contribution in [-0.4, -0.2) is 41.5 Å². The summed E-state index contributed by atoms with van der Waals surface area (Å²) in [5, 5.41) is 0.375. The Labute approximate surface area is 128 Å². The zero-order valence-electron chi connectivity index (χ0n) is 11.9. The monoisotopic (exact) mass is 314 g/mol. The normalized spacial score (nSPS) is 17.9. The van der Waals surface area contributed by atoms with E-state index in [0.717, 1.165) is 12.3 Å². The van der Waals surface area contributed by atoms with E-state index in [0.29, 0.717) is 28.6 Å². The second kappa shape index (κ2) is 5.74. The minimum atomic E-state index is -0.0582. The fourth-order valence-electron chi connectivity index (χ4n) is 2.27. The minimum Gasteiger partial charge on any atom is -0.496 e. The van der Waals surface area contributed by atoms with E-state index in [1.54, 1.807) is 12.1 Å². The summed E-state index contributed by atoms with van der Waals surface area (Å²) < 4.78 is 5.32. The molecule has 1 heterocycles. The third-order valence-electron chi connectivity index (χ3n) is 3.26. The van der Waals surface area contributed by atoms with Crippen molar-refractivity contribution in [3.63, 3.8) is 0 Å². The molecule has 6 heteroatoms. The molecular formula is C14H19ClN2O2S. The number of amides is 1. The fourth-order valence-corrected chi connectivity index (χ4v) is 3.54. The molecule has 2 rings (SSSR count). The Morgan fingerprint density at radius 3 is 2.80 bits per heavy atom. The van der Waals surface area contributed by atoms with Crippen LogP contribution in [0, 0.1) is 0 Å². The van der Waals surface area contributed by atoms with E-state index in [9.17, 15) is 4.79 Å². The van der Waals surface area contributed by atoms with Crippen LogP contribution >= 0.6 is 23.4 Å². The number of methoxy groups -OCH3 is 1. The Bertz CT molecular complexity index is 534. The Morgan fingerprint density at radius 2 is 2.20 bits per heavy atom. The number of hydrogen-bond acceptors (Lipinski definition) is 4. The van der Waals surface area contributed by atoms with E-state index in [4.69, 9.17) is 22.1 Å². The van der Waals surface area contributed by atoms with Gasteiger partial charge in [0.05, 0.1) is 23.4 Å². The van der Waals surface area contributed by atoms with Gasteiger partial charge in [0.2, 0.25) is 0 Å². The maximum atomic E-state index is 12.7. The highest BCUT2D eigenvalue weighted by atomic mass is 35.5. The van der Waals surface area contributed by atoms with Crippen LogP contribution in [0.1, 0.15) is 24.2 Å². The number of benzene rings is 1. The Morgan fingerprint density at radius 1 is 1.50 bits per heavy atom. The summed E-state index contributed by atoms with van der Waals surface area (Å²) >= 11 is 7.91. The number of ether oxygens (including phenoxy) is 1. The van der Waals surface area contributed by atoms with Crippen LogP contribution in [0.3, 0.4) is 0 Å². The summed E-state index contributed by atoms with van der Waals surface area (Å²) in [5.74, 6) is 1.34. The number of nitrogen functional groups attached to an aromatic ring is 1. The molecule has 1 aliphatic heterocycles. The lowest BCUT2D eigenvalue weighted by molar-refractivity contribution is 0.0744.